The minimum atomic E-state index is -4.59. The fourth-order valence-electron chi connectivity index (χ4n) is 2.52. The Balaban J connectivity index is 1.91. The van der Waals surface area contributed by atoms with Gasteiger partial charge >= 0.3 is 6.18 Å². The van der Waals surface area contributed by atoms with Crippen molar-refractivity contribution in [1.82, 2.24) is 4.98 Å². The van der Waals surface area contributed by atoms with E-state index >= 15 is 0 Å². The summed E-state index contributed by atoms with van der Waals surface area (Å²) in [6, 6.07) is 11.1. The van der Waals surface area contributed by atoms with Gasteiger partial charge in [-0.1, -0.05) is 11.6 Å². The van der Waals surface area contributed by atoms with E-state index in [9.17, 15) is 26.4 Å². The number of carbonyl (C=O) groups excluding carboxylic acids is 1. The van der Waals surface area contributed by atoms with E-state index in [1.54, 1.807) is 24.3 Å². The number of alkyl halides is 3. The van der Waals surface area contributed by atoms with Gasteiger partial charge in [0.15, 0.2) is 0 Å². The van der Waals surface area contributed by atoms with Crippen molar-refractivity contribution in [3.8, 4) is 11.5 Å². The monoisotopic (exact) mass is 473 g/mol. The van der Waals surface area contributed by atoms with E-state index < -0.39 is 27.7 Å². The largest absolute Gasteiger partial charge is 0.457 e. The Labute approximate surface area is 180 Å². The number of hydrogen-bond acceptors (Lipinski definition) is 4. The highest BCUT2D eigenvalue weighted by Gasteiger charge is 2.32. The van der Waals surface area contributed by atoms with Crippen LogP contribution in [0.15, 0.2) is 54.7 Å². The molecule has 0 aliphatic heterocycles. The minimum Gasteiger partial charge on any atom is -0.457 e. The van der Waals surface area contributed by atoms with Gasteiger partial charge in [0.25, 0.3) is 5.91 Å². The molecule has 0 unspecified atom stereocenters. The molecule has 31 heavy (non-hydrogen) atoms. The molecule has 0 aliphatic rings. The Hall–Kier alpha value is -3.18. The van der Waals surface area contributed by atoms with Crippen molar-refractivity contribution in [3.05, 3.63) is 70.9 Å². The van der Waals surface area contributed by atoms with Crippen LogP contribution < -0.4 is 14.8 Å². The number of sulfonamides is 1. The van der Waals surface area contributed by atoms with Gasteiger partial charge in [-0.25, -0.2) is 8.42 Å². The van der Waals surface area contributed by atoms with Crippen molar-refractivity contribution in [3.63, 3.8) is 0 Å². The third-order valence-electron chi connectivity index (χ3n) is 3.84. The van der Waals surface area contributed by atoms with Crippen LogP contribution in [0.5, 0.6) is 11.5 Å². The standard InChI is InChI=1S/C19H15ClF3N3O4S/c1-31(28,29)26-16-7-6-14(30-13-4-2-12(20)3-5-13)9-15(16)18(27)25-17-8-11(10-24-17)19(21,22)23/h2-10,24,26H,1H3,(H,25,27). The van der Waals surface area contributed by atoms with Gasteiger partial charge in [-0.15, -0.1) is 0 Å². The number of amides is 1. The summed E-state index contributed by atoms with van der Waals surface area (Å²) in [5.41, 5.74) is -1.22. The lowest BCUT2D eigenvalue weighted by Gasteiger charge is -2.13. The second-order valence-corrected chi connectivity index (χ2v) is 8.58. The van der Waals surface area contributed by atoms with Crippen LogP contribution in [-0.2, 0) is 16.2 Å². The highest BCUT2D eigenvalue weighted by atomic mass is 35.5. The van der Waals surface area contributed by atoms with E-state index in [0.29, 0.717) is 17.0 Å². The predicted octanol–water partition coefficient (Wildman–Crippen LogP) is 5.10. The second kappa shape index (κ2) is 8.52. The molecule has 1 aromatic heterocycles. The van der Waals surface area contributed by atoms with E-state index in [4.69, 9.17) is 16.3 Å². The fourth-order valence-corrected chi connectivity index (χ4v) is 3.23. The quantitative estimate of drug-likeness (QED) is 0.463. The van der Waals surface area contributed by atoms with Crippen LogP contribution in [0.1, 0.15) is 15.9 Å². The molecule has 0 bridgehead atoms. The molecule has 1 heterocycles. The maximum atomic E-state index is 12.8. The van der Waals surface area contributed by atoms with Crippen LogP contribution in [0.25, 0.3) is 0 Å². The van der Waals surface area contributed by atoms with Gasteiger partial charge in [0.1, 0.15) is 17.3 Å². The van der Waals surface area contributed by atoms with Crippen molar-refractivity contribution in [2.45, 2.75) is 6.18 Å². The molecule has 12 heteroatoms. The first-order chi connectivity index (χ1) is 14.4. The molecule has 3 rings (SSSR count). The van der Waals surface area contributed by atoms with Gasteiger partial charge in [-0.05, 0) is 48.5 Å². The number of carbonyl (C=O) groups is 1. The number of halogens is 4. The molecule has 0 spiro atoms. The maximum Gasteiger partial charge on any atom is 0.417 e. The van der Waals surface area contributed by atoms with Gasteiger partial charge in [0, 0.05) is 11.2 Å². The number of nitrogens with one attached hydrogen (secondary N) is 3. The van der Waals surface area contributed by atoms with Gasteiger partial charge < -0.3 is 15.0 Å². The topological polar surface area (TPSA) is 100 Å². The van der Waals surface area contributed by atoms with Crippen molar-refractivity contribution in [2.24, 2.45) is 0 Å². The van der Waals surface area contributed by atoms with Crippen LogP contribution >= 0.6 is 11.6 Å². The van der Waals surface area contributed by atoms with Gasteiger partial charge in [-0.3, -0.25) is 9.52 Å². The number of H-pyrrole nitrogens is 1. The van der Waals surface area contributed by atoms with E-state index in [1.807, 2.05) is 0 Å². The highest BCUT2D eigenvalue weighted by Crippen LogP contribution is 2.32. The molecule has 2 aromatic carbocycles. The number of rotatable bonds is 6. The summed E-state index contributed by atoms with van der Waals surface area (Å²) in [6.07, 6.45) is -2.99. The predicted molar refractivity (Wildman–Crippen MR) is 110 cm³/mol. The van der Waals surface area contributed by atoms with E-state index in [-0.39, 0.29) is 22.8 Å². The zero-order chi connectivity index (χ0) is 22.8. The number of aromatic nitrogens is 1. The van der Waals surface area contributed by atoms with Gasteiger partial charge in [0.2, 0.25) is 10.0 Å². The molecule has 164 valence electrons. The average molecular weight is 474 g/mol. The molecule has 0 saturated carbocycles. The molecule has 0 radical (unpaired) electrons. The lowest BCUT2D eigenvalue weighted by Crippen LogP contribution is -2.17. The van der Waals surface area contributed by atoms with Crippen LogP contribution in [0.3, 0.4) is 0 Å². The lowest BCUT2D eigenvalue weighted by molar-refractivity contribution is -0.137. The van der Waals surface area contributed by atoms with E-state index in [2.05, 4.69) is 15.0 Å². The fraction of sp³-hybridized carbons (Fsp3) is 0.105. The molecular formula is C19H15ClF3N3O4S. The first-order valence-corrected chi connectivity index (χ1v) is 10.8. The normalized spacial score (nSPS) is 11.8. The third-order valence-corrected chi connectivity index (χ3v) is 4.68. The molecule has 0 aliphatic carbocycles. The first kappa shape index (κ1) is 22.5. The SMILES string of the molecule is CS(=O)(=O)Nc1ccc(Oc2ccc(Cl)cc2)cc1C(=O)Nc1cc(C(F)(F)F)c[nH]1. The highest BCUT2D eigenvalue weighted by molar-refractivity contribution is 7.92. The summed E-state index contributed by atoms with van der Waals surface area (Å²) in [4.78, 5) is 15.0. The van der Waals surface area contributed by atoms with Crippen molar-refractivity contribution in [1.29, 1.82) is 0 Å². The Morgan fingerprint density at radius 3 is 2.29 bits per heavy atom. The molecule has 3 N–H and O–H groups in total. The Kier molecular flexibility index (Phi) is 6.18. The summed E-state index contributed by atoms with van der Waals surface area (Å²) in [5, 5.41) is 2.76. The summed E-state index contributed by atoms with van der Waals surface area (Å²) in [5.74, 6) is -0.484. The molecule has 0 saturated heterocycles. The Morgan fingerprint density at radius 1 is 1.06 bits per heavy atom. The Bertz CT molecular complexity index is 1210. The first-order valence-electron chi connectivity index (χ1n) is 8.53. The van der Waals surface area contributed by atoms with Gasteiger partial charge in [0.05, 0.1) is 23.1 Å². The van der Waals surface area contributed by atoms with Crippen LogP contribution in [-0.4, -0.2) is 25.6 Å². The summed E-state index contributed by atoms with van der Waals surface area (Å²) < 4.78 is 69.4. The molecule has 3 aromatic rings. The number of anilines is 2. The number of benzene rings is 2. The molecular weight excluding hydrogens is 459 g/mol. The second-order valence-electron chi connectivity index (χ2n) is 6.39. The Morgan fingerprint density at radius 2 is 1.71 bits per heavy atom. The van der Waals surface area contributed by atoms with Crippen LogP contribution in [0.2, 0.25) is 5.02 Å². The van der Waals surface area contributed by atoms with Crippen LogP contribution in [0.4, 0.5) is 24.7 Å². The molecule has 1 amide bonds. The lowest BCUT2D eigenvalue weighted by atomic mass is 10.1. The number of hydrogen-bond donors (Lipinski definition) is 3. The molecule has 0 atom stereocenters. The van der Waals surface area contributed by atoms with Crippen molar-refractivity contribution in [2.75, 3.05) is 16.3 Å². The van der Waals surface area contributed by atoms with Gasteiger partial charge in [-0.2, -0.15) is 13.2 Å². The number of aromatic amines is 1. The summed E-state index contributed by atoms with van der Waals surface area (Å²) in [7, 11) is -3.74. The van der Waals surface area contributed by atoms with Crippen LogP contribution in [0, 0.1) is 0 Å². The molecule has 7 nitrogen and oxygen atoms in total. The van der Waals surface area contributed by atoms with E-state index in [1.165, 1.54) is 18.2 Å². The van der Waals surface area contributed by atoms with E-state index in [0.717, 1.165) is 12.3 Å². The smallest absolute Gasteiger partial charge is 0.417 e. The zero-order valence-corrected chi connectivity index (χ0v) is 17.3. The summed E-state index contributed by atoms with van der Waals surface area (Å²) in [6.45, 7) is 0. The average Bonchev–Trinajstić information content (AvgIpc) is 3.12. The maximum absolute atomic E-state index is 12.8. The van der Waals surface area contributed by atoms with Crippen molar-refractivity contribution < 1.29 is 31.1 Å². The number of ether oxygens (including phenoxy) is 1. The minimum absolute atomic E-state index is 0.0777. The zero-order valence-electron chi connectivity index (χ0n) is 15.7. The summed E-state index contributed by atoms with van der Waals surface area (Å²) >= 11 is 5.82. The third kappa shape index (κ3) is 6.15. The van der Waals surface area contributed by atoms with Crippen molar-refractivity contribution >= 4 is 39.0 Å². The molecule has 0 fully saturated rings.